The van der Waals surface area contributed by atoms with Crippen LogP contribution >= 0.6 is 0 Å². The zero-order valence-corrected chi connectivity index (χ0v) is 16.6. The van der Waals surface area contributed by atoms with Gasteiger partial charge in [0, 0.05) is 37.5 Å². The quantitative estimate of drug-likeness (QED) is 0.715. The minimum Gasteiger partial charge on any atom is -0.492 e. The Bertz CT molecular complexity index is 1100. The lowest BCUT2D eigenvalue weighted by Gasteiger charge is -2.18. The van der Waals surface area contributed by atoms with E-state index in [0.717, 1.165) is 33.5 Å². The minimum atomic E-state index is 0.101. The zero-order valence-electron chi connectivity index (χ0n) is 16.6. The molecular weight excluding hydrogens is 364 g/mol. The average Bonchev–Trinajstić information content (AvgIpc) is 3.28. The fraction of sp³-hybridized carbons (Fsp3) is 0.304. The highest BCUT2D eigenvalue weighted by Gasteiger charge is 2.24. The summed E-state index contributed by atoms with van der Waals surface area (Å²) in [7, 11) is 2.10. The fourth-order valence-electron chi connectivity index (χ4n) is 4.08. The number of benzene rings is 2. The van der Waals surface area contributed by atoms with Gasteiger partial charge in [-0.05, 0) is 54.4 Å². The number of carbonyl (C=O) groups excluding carboxylic acids is 1. The number of aromatic nitrogens is 1. The molecule has 0 spiro atoms. The normalized spacial score (nSPS) is 20.5. The first kappa shape index (κ1) is 17.8. The van der Waals surface area contributed by atoms with Gasteiger partial charge in [0.25, 0.3) is 0 Å². The fourth-order valence-corrected chi connectivity index (χ4v) is 4.08. The second kappa shape index (κ2) is 6.95. The van der Waals surface area contributed by atoms with Crippen LogP contribution in [0.5, 0.6) is 5.75 Å². The molecule has 3 heterocycles. The Labute approximate surface area is 169 Å². The Morgan fingerprint density at radius 2 is 2.10 bits per heavy atom. The van der Waals surface area contributed by atoms with Gasteiger partial charge < -0.3 is 20.3 Å². The molecule has 3 aromatic rings. The van der Waals surface area contributed by atoms with Crippen molar-refractivity contribution in [2.75, 3.05) is 30.4 Å². The van der Waals surface area contributed by atoms with Gasteiger partial charge in [-0.3, -0.25) is 9.78 Å². The predicted octanol–water partition coefficient (Wildman–Crippen LogP) is 3.62. The first-order chi connectivity index (χ1) is 14.1. The van der Waals surface area contributed by atoms with Crippen molar-refractivity contribution in [2.45, 2.75) is 19.5 Å². The summed E-state index contributed by atoms with van der Waals surface area (Å²) in [5.41, 5.74) is 5.44. The van der Waals surface area contributed by atoms with Crippen LogP contribution in [0.4, 0.5) is 11.4 Å². The van der Waals surface area contributed by atoms with Gasteiger partial charge in [-0.25, -0.2) is 0 Å². The maximum atomic E-state index is 11.5. The van der Waals surface area contributed by atoms with Crippen molar-refractivity contribution in [3.63, 3.8) is 0 Å². The maximum Gasteiger partial charge on any atom is 0.220 e. The van der Waals surface area contributed by atoms with E-state index in [2.05, 4.69) is 64.8 Å². The summed E-state index contributed by atoms with van der Waals surface area (Å²) in [5, 5.41) is 7.34. The number of fused-ring (bicyclic) bond motifs is 2. The lowest BCUT2D eigenvalue weighted by molar-refractivity contribution is -0.119. The van der Waals surface area contributed by atoms with Crippen LogP contribution in [-0.2, 0) is 4.79 Å². The molecule has 148 valence electrons. The van der Waals surface area contributed by atoms with Gasteiger partial charge in [0.15, 0.2) is 0 Å². The number of hydrogen-bond donors (Lipinski definition) is 2. The summed E-state index contributed by atoms with van der Waals surface area (Å²) in [6, 6.07) is 14.6. The molecule has 0 bridgehead atoms. The van der Waals surface area contributed by atoms with Gasteiger partial charge in [0.1, 0.15) is 5.75 Å². The number of anilines is 2. The van der Waals surface area contributed by atoms with Gasteiger partial charge >= 0.3 is 0 Å². The van der Waals surface area contributed by atoms with E-state index in [1.807, 2.05) is 12.1 Å². The molecule has 2 aliphatic rings. The van der Waals surface area contributed by atoms with Crippen molar-refractivity contribution >= 4 is 28.2 Å². The predicted molar refractivity (Wildman–Crippen MR) is 115 cm³/mol. The van der Waals surface area contributed by atoms with E-state index in [9.17, 15) is 4.79 Å². The third-order valence-corrected chi connectivity index (χ3v) is 5.88. The van der Waals surface area contributed by atoms with Crippen molar-refractivity contribution < 1.29 is 9.53 Å². The van der Waals surface area contributed by atoms with Crippen molar-refractivity contribution in [1.82, 2.24) is 10.3 Å². The number of rotatable bonds is 4. The molecule has 1 saturated heterocycles. The van der Waals surface area contributed by atoms with Crippen LogP contribution in [-0.4, -0.2) is 37.3 Å². The summed E-state index contributed by atoms with van der Waals surface area (Å²) in [6.07, 6.45) is 2.61. The van der Waals surface area contributed by atoms with Crippen molar-refractivity contribution in [2.24, 2.45) is 5.92 Å². The minimum absolute atomic E-state index is 0.101. The Balaban J connectivity index is 1.51. The van der Waals surface area contributed by atoms with E-state index >= 15 is 0 Å². The summed E-state index contributed by atoms with van der Waals surface area (Å²) in [4.78, 5) is 18.3. The van der Waals surface area contributed by atoms with Gasteiger partial charge in [-0.15, -0.1) is 0 Å². The van der Waals surface area contributed by atoms with Crippen LogP contribution in [0, 0.1) is 5.92 Å². The number of hydrogen-bond acceptors (Lipinski definition) is 5. The maximum absolute atomic E-state index is 11.5. The van der Waals surface area contributed by atoms with E-state index in [0.29, 0.717) is 19.6 Å². The number of amides is 1. The van der Waals surface area contributed by atoms with Crippen LogP contribution in [0.3, 0.4) is 0 Å². The molecule has 0 radical (unpaired) electrons. The molecular formula is C23H24N4O2. The number of pyridine rings is 1. The summed E-state index contributed by atoms with van der Waals surface area (Å²) < 4.78 is 6.19. The second-order valence-electron chi connectivity index (χ2n) is 7.89. The van der Waals surface area contributed by atoms with Gasteiger partial charge in [0.2, 0.25) is 5.91 Å². The topological polar surface area (TPSA) is 66.5 Å². The molecule has 29 heavy (non-hydrogen) atoms. The molecule has 1 amide bonds. The SMILES string of the molecule is CC1Nc2ccc(-c3cc(OCC4CNC(=O)C4)c4cccnc4c3)cc2N1C. The third kappa shape index (κ3) is 3.24. The second-order valence-corrected chi connectivity index (χ2v) is 7.89. The lowest BCUT2D eigenvalue weighted by Crippen LogP contribution is -2.28. The number of carbonyl (C=O) groups is 1. The first-order valence-corrected chi connectivity index (χ1v) is 10.0. The molecule has 0 saturated carbocycles. The smallest absolute Gasteiger partial charge is 0.220 e. The molecule has 0 aliphatic carbocycles. The zero-order chi connectivity index (χ0) is 20.0. The first-order valence-electron chi connectivity index (χ1n) is 10.0. The monoisotopic (exact) mass is 388 g/mol. The number of ether oxygens (including phenoxy) is 1. The van der Waals surface area contributed by atoms with Crippen molar-refractivity contribution in [3.05, 3.63) is 48.7 Å². The largest absolute Gasteiger partial charge is 0.492 e. The summed E-state index contributed by atoms with van der Waals surface area (Å²) in [6.45, 7) is 3.34. The van der Waals surface area contributed by atoms with Crippen molar-refractivity contribution in [1.29, 1.82) is 0 Å². The van der Waals surface area contributed by atoms with E-state index in [-0.39, 0.29) is 18.0 Å². The molecule has 2 atom stereocenters. The Kier molecular flexibility index (Phi) is 4.27. The number of nitrogens with zero attached hydrogens (tertiary/aromatic N) is 2. The molecule has 1 fully saturated rings. The highest BCUT2D eigenvalue weighted by Crippen LogP contribution is 2.39. The lowest BCUT2D eigenvalue weighted by atomic mass is 10.0. The van der Waals surface area contributed by atoms with Crippen LogP contribution in [0.25, 0.3) is 22.0 Å². The Morgan fingerprint density at radius 1 is 1.21 bits per heavy atom. The number of nitrogens with one attached hydrogen (secondary N) is 2. The van der Waals surface area contributed by atoms with E-state index in [4.69, 9.17) is 4.74 Å². The molecule has 2 unspecified atom stereocenters. The molecule has 6 nitrogen and oxygen atoms in total. The van der Waals surface area contributed by atoms with E-state index in [1.165, 1.54) is 5.69 Å². The third-order valence-electron chi connectivity index (χ3n) is 5.88. The van der Waals surface area contributed by atoms with Gasteiger partial charge in [-0.1, -0.05) is 6.07 Å². The molecule has 1 aromatic heterocycles. The van der Waals surface area contributed by atoms with Crippen LogP contribution in [0.1, 0.15) is 13.3 Å². The van der Waals surface area contributed by atoms with Crippen LogP contribution < -0.4 is 20.3 Å². The van der Waals surface area contributed by atoms with Gasteiger partial charge in [-0.2, -0.15) is 0 Å². The van der Waals surface area contributed by atoms with E-state index in [1.54, 1.807) is 6.20 Å². The molecule has 2 aromatic carbocycles. The van der Waals surface area contributed by atoms with Crippen molar-refractivity contribution in [3.8, 4) is 16.9 Å². The average molecular weight is 388 g/mol. The Morgan fingerprint density at radius 3 is 2.93 bits per heavy atom. The molecule has 2 N–H and O–H groups in total. The highest BCUT2D eigenvalue weighted by molar-refractivity contribution is 5.91. The molecule has 6 heteroatoms. The van der Waals surface area contributed by atoms with Crippen LogP contribution in [0.15, 0.2) is 48.7 Å². The Hall–Kier alpha value is -3.28. The van der Waals surface area contributed by atoms with Gasteiger partial charge in [0.05, 0.1) is 29.7 Å². The summed E-state index contributed by atoms with van der Waals surface area (Å²) in [5.74, 6) is 1.12. The standard InChI is InChI=1S/C23H24N4O2/c1-14-26-19-6-5-16(10-21(19)27(14)2)17-9-20-18(4-3-7-24-20)22(11-17)29-13-15-8-23(28)25-12-15/h3-7,9-11,14-15,26H,8,12-13H2,1-2H3,(H,25,28). The molecule has 5 rings (SSSR count). The van der Waals surface area contributed by atoms with Crippen LogP contribution in [0.2, 0.25) is 0 Å². The summed E-state index contributed by atoms with van der Waals surface area (Å²) >= 11 is 0. The highest BCUT2D eigenvalue weighted by atomic mass is 16.5. The molecule has 2 aliphatic heterocycles. The van der Waals surface area contributed by atoms with E-state index < -0.39 is 0 Å².